The molecule has 2 aromatic carbocycles. The fraction of sp³-hybridized carbons (Fsp3) is 0.321. The van der Waals surface area contributed by atoms with Crippen LogP contribution in [0.2, 0.25) is 0 Å². The number of aromatic nitrogens is 1. The third kappa shape index (κ3) is 5.17. The highest BCUT2D eigenvalue weighted by Crippen LogP contribution is 2.35. The molecule has 0 amide bonds. The van der Waals surface area contributed by atoms with Crippen LogP contribution in [0.15, 0.2) is 58.0 Å². The second kappa shape index (κ2) is 12.0. The summed E-state index contributed by atoms with van der Waals surface area (Å²) >= 11 is 1.22. The van der Waals surface area contributed by atoms with Gasteiger partial charge in [0.15, 0.2) is 27.8 Å². The summed E-state index contributed by atoms with van der Waals surface area (Å²) < 4.78 is 29.7. The van der Waals surface area contributed by atoms with Crippen molar-refractivity contribution in [3.63, 3.8) is 0 Å². The van der Waals surface area contributed by atoms with Crippen LogP contribution in [0.5, 0.6) is 23.0 Å². The van der Waals surface area contributed by atoms with E-state index in [2.05, 4.69) is 4.99 Å². The minimum Gasteiger partial charge on any atom is -0.493 e. The van der Waals surface area contributed by atoms with Crippen LogP contribution in [-0.4, -0.2) is 44.6 Å². The monoisotopic (exact) mass is 538 g/mol. The van der Waals surface area contributed by atoms with Gasteiger partial charge in [-0.25, -0.2) is 9.79 Å². The molecular formula is C28H30N2O7S. The molecule has 10 heteroatoms. The zero-order chi connectivity index (χ0) is 27.2. The first-order valence-electron chi connectivity index (χ1n) is 12.3. The summed E-state index contributed by atoms with van der Waals surface area (Å²) in [5.74, 6) is 1.63. The van der Waals surface area contributed by atoms with Crippen LogP contribution in [0.4, 0.5) is 0 Å². The first-order chi connectivity index (χ1) is 18.5. The molecule has 200 valence electrons. The first kappa shape index (κ1) is 27.0. The average molecular weight is 539 g/mol. The highest BCUT2D eigenvalue weighted by Gasteiger charge is 2.31. The van der Waals surface area contributed by atoms with Gasteiger partial charge in [-0.1, -0.05) is 29.5 Å². The third-order valence-corrected chi connectivity index (χ3v) is 6.81. The van der Waals surface area contributed by atoms with Crippen molar-refractivity contribution in [3.05, 3.63) is 79.0 Å². The number of thiazole rings is 1. The molecule has 0 N–H and O–H groups in total. The molecule has 1 atom stereocenters. The molecule has 0 aliphatic carbocycles. The summed E-state index contributed by atoms with van der Waals surface area (Å²) in [6, 6.07) is 10.1. The fourth-order valence-electron chi connectivity index (χ4n) is 4.23. The van der Waals surface area contributed by atoms with Gasteiger partial charge < -0.3 is 23.7 Å². The van der Waals surface area contributed by atoms with Crippen molar-refractivity contribution >= 4 is 23.4 Å². The van der Waals surface area contributed by atoms with Crippen molar-refractivity contribution in [2.75, 3.05) is 34.0 Å². The van der Waals surface area contributed by atoms with Gasteiger partial charge in [-0.15, -0.1) is 0 Å². The number of carbonyl (C=O) groups excluding carboxylic acids is 1. The standard InChI is InChI=1S/C28H30N2O7S/c1-6-35-20-13-12-17(14-22(20)36-7-2)24-19(27(32)34-5)16-29-28-30(24)26(31)23(38-28)15-18-10-9-11-21(33-4)25(18)37-8-3/h9-16,24H,6-8H2,1-5H3/b23-15+/t24-/m0/s1. The fourth-order valence-corrected chi connectivity index (χ4v) is 5.19. The Hall–Kier alpha value is -4.05. The Morgan fingerprint density at radius 3 is 2.42 bits per heavy atom. The molecule has 38 heavy (non-hydrogen) atoms. The number of ether oxygens (including phenoxy) is 5. The van der Waals surface area contributed by atoms with Crippen LogP contribution in [0.3, 0.4) is 0 Å². The van der Waals surface area contributed by atoms with Crippen molar-refractivity contribution in [3.8, 4) is 23.0 Å². The van der Waals surface area contributed by atoms with Crippen molar-refractivity contribution in [2.45, 2.75) is 26.8 Å². The van der Waals surface area contributed by atoms with E-state index in [1.807, 2.05) is 39.0 Å². The lowest BCUT2D eigenvalue weighted by Crippen LogP contribution is -2.39. The molecule has 1 aliphatic rings. The van der Waals surface area contributed by atoms with Crippen molar-refractivity contribution < 1.29 is 28.5 Å². The van der Waals surface area contributed by atoms with Gasteiger partial charge in [-0.3, -0.25) is 9.36 Å². The molecule has 0 fully saturated rings. The smallest absolute Gasteiger partial charge is 0.337 e. The number of carbonyl (C=O) groups is 1. The number of rotatable bonds is 10. The van der Waals surface area contributed by atoms with Gasteiger partial charge in [0.1, 0.15) is 0 Å². The number of benzene rings is 2. The van der Waals surface area contributed by atoms with Crippen molar-refractivity contribution in [1.82, 2.24) is 4.57 Å². The topological polar surface area (TPSA) is 97.6 Å². The zero-order valence-corrected chi connectivity index (χ0v) is 22.8. The van der Waals surface area contributed by atoms with E-state index >= 15 is 0 Å². The number of hydrogen-bond donors (Lipinski definition) is 0. The van der Waals surface area contributed by atoms with E-state index in [4.69, 9.17) is 23.7 Å². The number of fused-ring (bicyclic) bond motifs is 1. The molecule has 0 saturated carbocycles. The summed E-state index contributed by atoms with van der Waals surface area (Å²) in [7, 11) is 2.87. The Labute approximate surface area is 224 Å². The van der Waals surface area contributed by atoms with Gasteiger partial charge in [-0.05, 0) is 50.6 Å². The molecule has 1 aromatic heterocycles. The van der Waals surface area contributed by atoms with E-state index in [1.165, 1.54) is 29.2 Å². The predicted octanol–water partition coefficient (Wildman–Crippen LogP) is 3.22. The van der Waals surface area contributed by atoms with E-state index in [9.17, 15) is 9.59 Å². The van der Waals surface area contributed by atoms with E-state index in [0.29, 0.717) is 63.3 Å². The highest BCUT2D eigenvalue weighted by atomic mass is 32.1. The lowest BCUT2D eigenvalue weighted by Gasteiger charge is -2.23. The summed E-state index contributed by atoms with van der Waals surface area (Å²) in [6.07, 6.45) is 3.21. The summed E-state index contributed by atoms with van der Waals surface area (Å²) in [4.78, 5) is 31.5. The molecule has 0 unspecified atom stereocenters. The maximum absolute atomic E-state index is 13.8. The lowest BCUT2D eigenvalue weighted by atomic mass is 9.97. The SMILES string of the molecule is CCOc1ccc([C@H]2C(C(=O)OC)=CN=c3s/c(=C/c4cccc(OC)c4OCC)c(=O)n32)cc1OCC. The highest BCUT2D eigenvalue weighted by molar-refractivity contribution is 7.07. The molecule has 0 spiro atoms. The minimum atomic E-state index is -0.771. The van der Waals surface area contributed by atoms with Gasteiger partial charge >= 0.3 is 5.97 Å². The van der Waals surface area contributed by atoms with Crippen LogP contribution < -0.4 is 33.8 Å². The maximum Gasteiger partial charge on any atom is 0.337 e. The summed E-state index contributed by atoms with van der Waals surface area (Å²) in [5.41, 5.74) is 1.28. The van der Waals surface area contributed by atoms with Gasteiger partial charge in [0.05, 0.1) is 50.2 Å². The number of para-hydroxylation sites is 1. The normalized spacial score (nSPS) is 14.7. The van der Waals surface area contributed by atoms with Crippen LogP contribution in [0, 0.1) is 0 Å². The Bertz CT molecular complexity index is 1540. The van der Waals surface area contributed by atoms with Gasteiger partial charge in [-0.2, -0.15) is 0 Å². The van der Waals surface area contributed by atoms with E-state index < -0.39 is 12.0 Å². The average Bonchev–Trinajstić information content (AvgIpc) is 3.24. The zero-order valence-electron chi connectivity index (χ0n) is 22.0. The maximum atomic E-state index is 13.8. The van der Waals surface area contributed by atoms with Gasteiger partial charge in [0.2, 0.25) is 0 Å². The lowest BCUT2D eigenvalue weighted by molar-refractivity contribution is -0.136. The molecule has 3 aromatic rings. The Morgan fingerprint density at radius 1 is 1.00 bits per heavy atom. The van der Waals surface area contributed by atoms with Crippen LogP contribution >= 0.6 is 11.3 Å². The number of methoxy groups -OCH3 is 2. The summed E-state index contributed by atoms with van der Waals surface area (Å²) in [5, 5.41) is 0. The molecule has 0 radical (unpaired) electrons. The Balaban J connectivity index is 1.92. The van der Waals surface area contributed by atoms with Gasteiger partial charge in [0, 0.05) is 11.8 Å². The minimum absolute atomic E-state index is 0.231. The second-order valence-corrected chi connectivity index (χ2v) is 9.07. The number of nitrogens with zero attached hydrogens (tertiary/aromatic N) is 2. The number of hydrogen-bond acceptors (Lipinski definition) is 9. The largest absolute Gasteiger partial charge is 0.493 e. The first-order valence-corrected chi connectivity index (χ1v) is 13.1. The van der Waals surface area contributed by atoms with Crippen LogP contribution in [0.1, 0.15) is 37.9 Å². The third-order valence-electron chi connectivity index (χ3n) is 5.81. The molecule has 1 aliphatic heterocycles. The quantitative estimate of drug-likeness (QED) is 0.366. The molecule has 2 heterocycles. The Morgan fingerprint density at radius 2 is 1.74 bits per heavy atom. The molecule has 0 bridgehead atoms. The Kier molecular flexibility index (Phi) is 8.52. The van der Waals surface area contributed by atoms with E-state index in [1.54, 1.807) is 31.4 Å². The molecule has 0 saturated heterocycles. The molecular weight excluding hydrogens is 508 g/mol. The van der Waals surface area contributed by atoms with Crippen molar-refractivity contribution in [2.24, 2.45) is 4.99 Å². The van der Waals surface area contributed by atoms with Crippen molar-refractivity contribution in [1.29, 1.82) is 0 Å². The second-order valence-electron chi connectivity index (χ2n) is 8.06. The number of esters is 1. The summed E-state index contributed by atoms with van der Waals surface area (Å²) in [6.45, 7) is 6.97. The predicted molar refractivity (Wildman–Crippen MR) is 144 cm³/mol. The van der Waals surface area contributed by atoms with Crippen LogP contribution in [0.25, 0.3) is 6.08 Å². The van der Waals surface area contributed by atoms with E-state index in [0.717, 1.165) is 0 Å². The van der Waals surface area contributed by atoms with Gasteiger partial charge in [0.25, 0.3) is 5.56 Å². The van der Waals surface area contributed by atoms with Crippen LogP contribution in [-0.2, 0) is 9.53 Å². The molecule has 4 rings (SSSR count). The molecule has 9 nitrogen and oxygen atoms in total. The van der Waals surface area contributed by atoms with E-state index in [-0.39, 0.29) is 11.1 Å².